The lowest BCUT2D eigenvalue weighted by Gasteiger charge is -2.31. The molecule has 2 aliphatic heterocycles. The largest absolute Gasteiger partial charge is 0.396 e. The number of nitrogens with one attached hydrogen (secondary N) is 2. The van der Waals surface area contributed by atoms with Crippen LogP contribution in [0.1, 0.15) is 45.5 Å². The maximum atomic E-state index is 13.0. The van der Waals surface area contributed by atoms with E-state index in [1.54, 1.807) is 0 Å². The molecule has 3 N–H and O–H groups in total. The van der Waals surface area contributed by atoms with Crippen LogP contribution < -0.4 is 5.32 Å². The minimum Gasteiger partial charge on any atom is -0.396 e. The molecule has 0 saturated carbocycles. The van der Waals surface area contributed by atoms with E-state index in [-0.39, 0.29) is 18.4 Å². The molecule has 5 rings (SSSR count). The maximum Gasteiger partial charge on any atom is 0.253 e. The molecular weight excluding hydrogens is 414 g/mol. The molecule has 0 unspecified atom stereocenters. The number of aromatic nitrogens is 1. The molecule has 7 heteroatoms. The fourth-order valence-corrected chi connectivity index (χ4v) is 4.96. The molecule has 1 aromatic heterocycles. The van der Waals surface area contributed by atoms with Gasteiger partial charge in [-0.2, -0.15) is 0 Å². The van der Waals surface area contributed by atoms with Gasteiger partial charge in [-0.15, -0.1) is 0 Å². The average molecular weight is 438 g/mol. The Balaban J connectivity index is 1.43. The van der Waals surface area contributed by atoms with Gasteiger partial charge in [-0.1, -0.05) is 17.7 Å². The Kier molecular flexibility index (Phi) is 5.20. The van der Waals surface area contributed by atoms with Crippen LogP contribution in [0.5, 0.6) is 0 Å². The number of piperidine rings is 1. The zero-order valence-electron chi connectivity index (χ0n) is 17.1. The number of H-pyrrole nitrogens is 1. The molecule has 2 aromatic carbocycles. The van der Waals surface area contributed by atoms with Gasteiger partial charge in [-0.25, -0.2) is 0 Å². The molecule has 2 amide bonds. The standard InChI is InChI=1S/C24H24ClN3O3/c25-19-3-2-17(22-18(19)13-26-23(22)30)21-12-16-11-15(1-4-20(16)27-21)24(31)28-8-5-14(6-9-28)7-10-29/h1-4,11-12,14,27,29H,5-10,13H2,(H,26,30). The van der Waals surface area contributed by atoms with Crippen molar-refractivity contribution in [3.05, 3.63) is 58.1 Å². The Morgan fingerprint density at radius 2 is 1.97 bits per heavy atom. The minimum atomic E-state index is -0.119. The Hall–Kier alpha value is -2.83. The van der Waals surface area contributed by atoms with Gasteiger partial charge in [0.15, 0.2) is 0 Å². The average Bonchev–Trinajstić information content (AvgIpc) is 3.38. The third-order valence-electron chi connectivity index (χ3n) is 6.51. The number of aliphatic hydroxyl groups is 1. The summed E-state index contributed by atoms with van der Waals surface area (Å²) in [6, 6.07) is 11.3. The molecule has 0 bridgehead atoms. The van der Waals surface area contributed by atoms with E-state index in [9.17, 15) is 9.59 Å². The van der Waals surface area contributed by atoms with E-state index in [0.717, 1.165) is 60.1 Å². The summed E-state index contributed by atoms with van der Waals surface area (Å²) in [5.74, 6) is 0.424. The molecule has 0 atom stereocenters. The summed E-state index contributed by atoms with van der Waals surface area (Å²) in [4.78, 5) is 30.7. The van der Waals surface area contributed by atoms with Gasteiger partial charge in [0.25, 0.3) is 11.8 Å². The number of fused-ring (bicyclic) bond motifs is 2. The van der Waals surface area contributed by atoms with E-state index >= 15 is 0 Å². The van der Waals surface area contributed by atoms with E-state index in [4.69, 9.17) is 16.7 Å². The number of likely N-dealkylation sites (tertiary alicyclic amines) is 1. The number of aliphatic hydroxyl groups excluding tert-OH is 1. The van der Waals surface area contributed by atoms with Crippen LogP contribution in [0.2, 0.25) is 5.02 Å². The van der Waals surface area contributed by atoms with Crippen LogP contribution in [0, 0.1) is 5.92 Å². The first kappa shape index (κ1) is 20.1. The number of carbonyl (C=O) groups excluding carboxylic acids is 2. The number of rotatable bonds is 4. The predicted molar refractivity (Wildman–Crippen MR) is 120 cm³/mol. The second-order valence-electron chi connectivity index (χ2n) is 8.36. The highest BCUT2D eigenvalue weighted by Gasteiger charge is 2.27. The quantitative estimate of drug-likeness (QED) is 0.577. The van der Waals surface area contributed by atoms with E-state index < -0.39 is 0 Å². The van der Waals surface area contributed by atoms with Crippen molar-refractivity contribution in [1.29, 1.82) is 0 Å². The number of nitrogens with zero attached hydrogens (tertiary/aromatic N) is 1. The van der Waals surface area contributed by atoms with Crippen molar-refractivity contribution in [2.24, 2.45) is 5.92 Å². The van der Waals surface area contributed by atoms with E-state index in [0.29, 0.717) is 28.6 Å². The van der Waals surface area contributed by atoms with Crippen LogP contribution in [0.4, 0.5) is 0 Å². The number of benzene rings is 2. The lowest BCUT2D eigenvalue weighted by molar-refractivity contribution is 0.0678. The molecule has 0 spiro atoms. The molecule has 0 aliphatic carbocycles. The lowest BCUT2D eigenvalue weighted by Crippen LogP contribution is -2.38. The van der Waals surface area contributed by atoms with E-state index in [1.165, 1.54) is 0 Å². The second-order valence-corrected chi connectivity index (χ2v) is 8.77. The highest BCUT2D eigenvalue weighted by atomic mass is 35.5. The minimum absolute atomic E-state index is 0.0406. The highest BCUT2D eigenvalue weighted by Crippen LogP contribution is 2.35. The first-order chi connectivity index (χ1) is 15.0. The zero-order valence-corrected chi connectivity index (χ0v) is 17.8. The SMILES string of the molecule is O=C1NCc2c(Cl)ccc(-c3cc4cc(C(=O)N5CCC(CCO)CC5)ccc4[nH]3)c21. The van der Waals surface area contributed by atoms with Crippen molar-refractivity contribution < 1.29 is 14.7 Å². The fraction of sp³-hybridized carbons (Fsp3) is 0.333. The molecule has 3 aromatic rings. The summed E-state index contributed by atoms with van der Waals surface area (Å²) in [5, 5.41) is 13.5. The van der Waals surface area contributed by atoms with Gasteiger partial charge in [0.2, 0.25) is 0 Å². The number of hydrogen-bond acceptors (Lipinski definition) is 3. The van der Waals surface area contributed by atoms with Crippen LogP contribution in [0.15, 0.2) is 36.4 Å². The van der Waals surface area contributed by atoms with Gasteiger partial charge in [0, 0.05) is 64.6 Å². The summed E-state index contributed by atoms with van der Waals surface area (Å²) < 4.78 is 0. The van der Waals surface area contributed by atoms with Crippen LogP contribution in [-0.2, 0) is 6.54 Å². The third-order valence-corrected chi connectivity index (χ3v) is 6.86. The molecule has 1 saturated heterocycles. The normalized spacial score (nSPS) is 16.6. The number of hydrogen-bond donors (Lipinski definition) is 3. The number of carbonyl (C=O) groups is 2. The molecule has 3 heterocycles. The predicted octanol–water partition coefficient (Wildman–Crippen LogP) is 3.97. The van der Waals surface area contributed by atoms with Crippen molar-refractivity contribution in [3.63, 3.8) is 0 Å². The van der Waals surface area contributed by atoms with Crippen molar-refractivity contribution in [3.8, 4) is 11.3 Å². The van der Waals surface area contributed by atoms with Gasteiger partial charge < -0.3 is 20.3 Å². The van der Waals surface area contributed by atoms with Crippen molar-refractivity contribution in [1.82, 2.24) is 15.2 Å². The van der Waals surface area contributed by atoms with Gasteiger partial charge in [-0.05, 0) is 55.5 Å². The van der Waals surface area contributed by atoms with E-state index in [1.807, 2.05) is 41.3 Å². The molecular formula is C24H24ClN3O3. The second kappa shape index (κ2) is 8.02. The topological polar surface area (TPSA) is 85.4 Å². The van der Waals surface area contributed by atoms with Crippen LogP contribution in [0.25, 0.3) is 22.2 Å². The summed E-state index contributed by atoms with van der Waals surface area (Å²) in [7, 11) is 0. The van der Waals surface area contributed by atoms with Crippen molar-refractivity contribution >= 4 is 34.3 Å². The summed E-state index contributed by atoms with van der Waals surface area (Å²) in [5.41, 5.74) is 4.65. The van der Waals surface area contributed by atoms with Crippen molar-refractivity contribution in [2.45, 2.75) is 25.8 Å². The monoisotopic (exact) mass is 437 g/mol. The number of aromatic amines is 1. The molecule has 31 heavy (non-hydrogen) atoms. The first-order valence-electron chi connectivity index (χ1n) is 10.7. The Morgan fingerprint density at radius 3 is 2.74 bits per heavy atom. The highest BCUT2D eigenvalue weighted by molar-refractivity contribution is 6.32. The fourth-order valence-electron chi connectivity index (χ4n) is 4.74. The first-order valence-corrected chi connectivity index (χ1v) is 11.1. The molecule has 1 fully saturated rings. The Bertz CT molecular complexity index is 1180. The molecule has 0 radical (unpaired) electrons. The van der Waals surface area contributed by atoms with Gasteiger partial charge in [0.05, 0.1) is 5.56 Å². The smallest absolute Gasteiger partial charge is 0.253 e. The van der Waals surface area contributed by atoms with E-state index in [2.05, 4.69) is 10.3 Å². The van der Waals surface area contributed by atoms with Gasteiger partial charge in [-0.3, -0.25) is 9.59 Å². The summed E-state index contributed by atoms with van der Waals surface area (Å²) in [6.07, 6.45) is 2.69. The Labute approximate surface area is 185 Å². The zero-order chi connectivity index (χ0) is 21.5. The number of amides is 2. The van der Waals surface area contributed by atoms with Gasteiger partial charge >= 0.3 is 0 Å². The molecule has 2 aliphatic rings. The maximum absolute atomic E-state index is 13.0. The van der Waals surface area contributed by atoms with Crippen LogP contribution >= 0.6 is 11.6 Å². The van der Waals surface area contributed by atoms with Crippen molar-refractivity contribution in [2.75, 3.05) is 19.7 Å². The van der Waals surface area contributed by atoms with Crippen LogP contribution in [0.3, 0.4) is 0 Å². The van der Waals surface area contributed by atoms with Crippen LogP contribution in [-0.4, -0.2) is 46.5 Å². The number of halogens is 1. The molecule has 6 nitrogen and oxygen atoms in total. The summed E-state index contributed by atoms with van der Waals surface area (Å²) in [6.45, 7) is 2.11. The summed E-state index contributed by atoms with van der Waals surface area (Å²) >= 11 is 6.27. The third kappa shape index (κ3) is 3.60. The van der Waals surface area contributed by atoms with Gasteiger partial charge in [0.1, 0.15) is 0 Å². The molecule has 160 valence electrons. The lowest BCUT2D eigenvalue weighted by atomic mass is 9.93. The Morgan fingerprint density at radius 1 is 1.16 bits per heavy atom.